The molecule has 5 aromatic rings. The monoisotopic (exact) mass is 438 g/mol. The zero-order valence-corrected chi connectivity index (χ0v) is 18.3. The fourth-order valence-corrected chi connectivity index (χ4v) is 3.77. The van der Waals surface area contributed by atoms with Crippen LogP contribution in [0.1, 0.15) is 11.1 Å². The Morgan fingerprint density at radius 3 is 2.52 bits per heavy atom. The van der Waals surface area contributed by atoms with E-state index in [1.165, 1.54) is 4.40 Å². The maximum absolute atomic E-state index is 12.9. The maximum atomic E-state index is 12.9. The lowest BCUT2D eigenvalue weighted by molar-refractivity contribution is -0.117. The Morgan fingerprint density at radius 1 is 0.939 bits per heavy atom. The molecule has 1 amide bonds. The fourth-order valence-electron chi connectivity index (χ4n) is 3.77. The molecule has 3 heterocycles. The molecule has 2 aromatic carbocycles. The number of para-hydroxylation sites is 1. The number of pyridine rings is 1. The van der Waals surface area contributed by atoms with Crippen LogP contribution in [0.25, 0.3) is 22.6 Å². The molecule has 0 spiro atoms. The summed E-state index contributed by atoms with van der Waals surface area (Å²) in [5.41, 5.74) is 4.90. The number of rotatable bonds is 5. The first-order chi connectivity index (χ1) is 16.0. The zero-order chi connectivity index (χ0) is 22.9. The van der Waals surface area contributed by atoms with Crippen LogP contribution in [-0.4, -0.2) is 29.9 Å². The first-order valence-corrected chi connectivity index (χ1v) is 10.6. The number of fused-ring (bicyclic) bond motifs is 1. The number of nitrogens with zero attached hydrogens (tertiary/aromatic N) is 5. The van der Waals surface area contributed by atoms with Crippen LogP contribution in [0, 0.1) is 13.8 Å². The quantitative estimate of drug-likeness (QED) is 0.454. The molecule has 0 aliphatic rings. The molecule has 0 aliphatic heterocycles. The van der Waals surface area contributed by atoms with Gasteiger partial charge in [-0.25, -0.2) is 14.2 Å². The van der Waals surface area contributed by atoms with Gasteiger partial charge in [-0.15, -0.1) is 5.10 Å². The van der Waals surface area contributed by atoms with Gasteiger partial charge in [0.1, 0.15) is 12.4 Å². The number of hydrogen-bond acceptors (Lipinski definition) is 4. The summed E-state index contributed by atoms with van der Waals surface area (Å²) in [6.07, 6.45) is 1.63. The number of amides is 1. The van der Waals surface area contributed by atoms with Crippen LogP contribution in [0.2, 0.25) is 0 Å². The number of benzene rings is 2. The average Bonchev–Trinajstić information content (AvgIpc) is 3.37. The van der Waals surface area contributed by atoms with Crippen LogP contribution in [0.3, 0.4) is 0 Å². The van der Waals surface area contributed by atoms with Gasteiger partial charge >= 0.3 is 5.69 Å². The first-order valence-electron chi connectivity index (χ1n) is 10.6. The van der Waals surface area contributed by atoms with E-state index >= 15 is 0 Å². The van der Waals surface area contributed by atoms with E-state index in [0.717, 1.165) is 32.8 Å². The van der Waals surface area contributed by atoms with E-state index < -0.39 is 0 Å². The number of aryl methyl sites for hydroxylation is 2. The Balaban J connectivity index is 1.50. The van der Waals surface area contributed by atoms with E-state index in [4.69, 9.17) is 5.10 Å². The summed E-state index contributed by atoms with van der Waals surface area (Å²) >= 11 is 0. The summed E-state index contributed by atoms with van der Waals surface area (Å²) in [4.78, 5) is 25.4. The number of anilines is 1. The molecule has 0 atom stereocenters. The van der Waals surface area contributed by atoms with Gasteiger partial charge in [0.25, 0.3) is 0 Å². The van der Waals surface area contributed by atoms with Crippen molar-refractivity contribution in [2.45, 2.75) is 20.4 Å². The molecule has 8 nitrogen and oxygen atoms in total. The molecule has 8 heteroatoms. The highest BCUT2D eigenvalue weighted by Gasteiger charge is 2.17. The highest BCUT2D eigenvalue weighted by atomic mass is 16.2. The van der Waals surface area contributed by atoms with Gasteiger partial charge in [0, 0.05) is 17.8 Å². The standard InChI is InChI=1S/C25H22N6O2/c1-17-11-12-18(2)20(14-17)21-15-23(31(27-21)19-8-4-3-5-9-19)26-24(32)16-30-25(33)29-13-7-6-10-22(29)28-30/h3-15H,16H2,1-2H3,(H,26,32). The predicted octanol–water partition coefficient (Wildman–Crippen LogP) is 3.60. The third-order valence-corrected chi connectivity index (χ3v) is 5.43. The highest BCUT2D eigenvalue weighted by Crippen LogP contribution is 2.28. The van der Waals surface area contributed by atoms with Gasteiger partial charge in [0.2, 0.25) is 5.91 Å². The molecule has 0 saturated carbocycles. The van der Waals surface area contributed by atoms with E-state index in [2.05, 4.69) is 28.6 Å². The second-order valence-electron chi connectivity index (χ2n) is 7.90. The molecule has 0 aliphatic carbocycles. The second-order valence-corrected chi connectivity index (χ2v) is 7.90. The van der Waals surface area contributed by atoms with Crippen molar-refractivity contribution in [2.75, 3.05) is 5.32 Å². The second kappa shape index (κ2) is 8.23. The van der Waals surface area contributed by atoms with Gasteiger partial charge in [0.15, 0.2) is 5.65 Å². The molecule has 3 aromatic heterocycles. The summed E-state index contributed by atoms with van der Waals surface area (Å²) in [5, 5.41) is 11.9. The van der Waals surface area contributed by atoms with Crippen molar-refractivity contribution in [3.8, 4) is 16.9 Å². The number of nitrogens with one attached hydrogen (secondary N) is 1. The topological polar surface area (TPSA) is 86.2 Å². The van der Waals surface area contributed by atoms with Gasteiger partial charge in [-0.1, -0.05) is 42.0 Å². The van der Waals surface area contributed by atoms with Gasteiger partial charge in [-0.3, -0.25) is 9.20 Å². The summed E-state index contributed by atoms with van der Waals surface area (Å²) in [7, 11) is 0. The maximum Gasteiger partial charge on any atom is 0.350 e. The number of carbonyl (C=O) groups is 1. The molecule has 0 radical (unpaired) electrons. The molecule has 0 fully saturated rings. The Kier molecular flexibility index (Phi) is 5.10. The fraction of sp³-hybridized carbons (Fsp3) is 0.120. The number of carbonyl (C=O) groups excluding carboxylic acids is 1. The molecule has 0 bridgehead atoms. The van der Waals surface area contributed by atoms with Crippen molar-refractivity contribution < 1.29 is 4.79 Å². The van der Waals surface area contributed by atoms with Gasteiger partial charge in [-0.05, 0) is 49.7 Å². The lowest BCUT2D eigenvalue weighted by Crippen LogP contribution is -2.28. The molecular weight excluding hydrogens is 416 g/mol. The van der Waals surface area contributed by atoms with Gasteiger partial charge < -0.3 is 5.32 Å². The van der Waals surface area contributed by atoms with E-state index in [0.29, 0.717) is 11.5 Å². The Labute approximate surface area is 189 Å². The van der Waals surface area contributed by atoms with E-state index in [9.17, 15) is 9.59 Å². The van der Waals surface area contributed by atoms with Crippen LogP contribution < -0.4 is 11.0 Å². The third-order valence-electron chi connectivity index (χ3n) is 5.43. The minimum Gasteiger partial charge on any atom is -0.309 e. The van der Waals surface area contributed by atoms with E-state index in [1.54, 1.807) is 29.1 Å². The number of aromatic nitrogens is 5. The zero-order valence-electron chi connectivity index (χ0n) is 18.3. The van der Waals surface area contributed by atoms with Crippen molar-refractivity contribution in [3.63, 3.8) is 0 Å². The average molecular weight is 438 g/mol. The van der Waals surface area contributed by atoms with E-state index in [-0.39, 0.29) is 18.1 Å². The Hall–Kier alpha value is -4.46. The van der Waals surface area contributed by atoms with Crippen molar-refractivity contribution >= 4 is 17.4 Å². The summed E-state index contributed by atoms with van der Waals surface area (Å²) in [5.74, 6) is 0.143. The van der Waals surface area contributed by atoms with Crippen molar-refractivity contribution in [2.24, 2.45) is 0 Å². The summed E-state index contributed by atoms with van der Waals surface area (Å²) in [6.45, 7) is 3.86. The highest BCUT2D eigenvalue weighted by molar-refractivity contribution is 5.90. The molecular formula is C25H22N6O2. The first kappa shape index (κ1) is 20.4. The van der Waals surface area contributed by atoms with Crippen LogP contribution in [0.5, 0.6) is 0 Å². The minimum atomic E-state index is -0.370. The predicted molar refractivity (Wildman–Crippen MR) is 127 cm³/mol. The van der Waals surface area contributed by atoms with Crippen LogP contribution >= 0.6 is 0 Å². The van der Waals surface area contributed by atoms with Crippen LogP contribution in [0.15, 0.2) is 83.8 Å². The summed E-state index contributed by atoms with van der Waals surface area (Å²) < 4.78 is 4.25. The molecule has 0 unspecified atom stereocenters. The molecule has 1 N–H and O–H groups in total. The van der Waals surface area contributed by atoms with Gasteiger partial charge in [-0.2, -0.15) is 5.10 Å². The molecule has 5 rings (SSSR count). The number of hydrogen-bond donors (Lipinski definition) is 1. The summed E-state index contributed by atoms with van der Waals surface area (Å²) in [6, 6.07) is 22.9. The van der Waals surface area contributed by atoms with Crippen LogP contribution in [-0.2, 0) is 11.3 Å². The van der Waals surface area contributed by atoms with Crippen LogP contribution in [0.4, 0.5) is 5.82 Å². The smallest absolute Gasteiger partial charge is 0.309 e. The lowest BCUT2D eigenvalue weighted by atomic mass is 10.0. The van der Waals surface area contributed by atoms with Crippen molar-refractivity contribution in [1.29, 1.82) is 0 Å². The molecule has 0 saturated heterocycles. The largest absolute Gasteiger partial charge is 0.350 e. The normalized spacial score (nSPS) is 11.1. The third kappa shape index (κ3) is 3.94. The van der Waals surface area contributed by atoms with Crippen molar-refractivity contribution in [1.82, 2.24) is 24.0 Å². The Morgan fingerprint density at radius 2 is 1.73 bits per heavy atom. The SMILES string of the molecule is Cc1ccc(C)c(-c2cc(NC(=O)Cn3nc4ccccn4c3=O)n(-c3ccccc3)n2)c1. The Bertz CT molecular complexity index is 1530. The lowest BCUT2D eigenvalue weighted by Gasteiger charge is -2.08. The minimum absolute atomic E-state index is 0.209. The van der Waals surface area contributed by atoms with Crippen molar-refractivity contribution in [3.05, 3.63) is 101 Å². The van der Waals surface area contributed by atoms with Gasteiger partial charge in [0.05, 0.1) is 11.4 Å². The molecule has 164 valence electrons. The molecule has 33 heavy (non-hydrogen) atoms. The van der Waals surface area contributed by atoms with E-state index in [1.807, 2.05) is 50.2 Å².